The van der Waals surface area contributed by atoms with Gasteiger partial charge in [-0.1, -0.05) is 45.6 Å². The second kappa shape index (κ2) is 10.1. The first kappa shape index (κ1) is 13.0. The summed E-state index contributed by atoms with van der Waals surface area (Å²) in [4.78, 5) is 10.8. The Morgan fingerprint density at radius 2 is 1.93 bits per heavy atom. The van der Waals surface area contributed by atoms with E-state index in [1.165, 1.54) is 31.8 Å². The lowest BCUT2D eigenvalue weighted by molar-refractivity contribution is -0.137. The molecule has 0 atom stereocenters. The second-order valence-corrected chi connectivity index (χ2v) is 3.28. The highest BCUT2D eigenvalue weighted by Crippen LogP contribution is 2.04. The van der Waals surface area contributed by atoms with E-state index >= 15 is 0 Å². The van der Waals surface area contributed by atoms with Crippen LogP contribution in [0.2, 0.25) is 0 Å². The first-order chi connectivity index (χ1) is 6.81. The van der Waals surface area contributed by atoms with Gasteiger partial charge in [0.15, 0.2) is 0 Å². The van der Waals surface area contributed by atoms with Crippen molar-refractivity contribution >= 4 is 5.97 Å². The first-order valence-corrected chi connectivity index (χ1v) is 5.33. The summed E-state index contributed by atoms with van der Waals surface area (Å²) in [5.41, 5.74) is 2.39. The molecule has 0 saturated carbocycles. The highest BCUT2D eigenvalue weighted by molar-refractivity contribution is 5.81. The summed E-state index contributed by atoms with van der Waals surface area (Å²) in [6.45, 7) is 6.01. The van der Waals surface area contributed by atoms with Gasteiger partial charge in [0.2, 0.25) is 0 Å². The average molecular weight is 196 g/mol. The lowest BCUT2D eigenvalue weighted by atomic mass is 10.1. The first-order valence-electron chi connectivity index (χ1n) is 5.33. The molecule has 80 valence electrons. The number of unbranched alkanes of at least 4 members (excludes halogenated alkanes) is 5. The van der Waals surface area contributed by atoms with Gasteiger partial charge in [-0.05, 0) is 6.42 Å². The Balaban J connectivity index is 3.13. The number of carbonyl (C=O) groups is 1. The molecule has 0 rings (SSSR count). The third-order valence-corrected chi connectivity index (χ3v) is 1.96. The monoisotopic (exact) mass is 196 g/mol. The molecule has 0 aromatic rings. The molecular formula is C12H20O2. The minimum atomic E-state index is -0.339. The van der Waals surface area contributed by atoms with Crippen molar-refractivity contribution < 1.29 is 9.53 Å². The molecule has 0 aliphatic rings. The minimum absolute atomic E-state index is 0.339. The van der Waals surface area contributed by atoms with Gasteiger partial charge in [-0.15, -0.1) is 5.73 Å². The van der Waals surface area contributed by atoms with Gasteiger partial charge in [-0.2, -0.15) is 0 Å². The zero-order valence-electron chi connectivity index (χ0n) is 9.05. The SMILES string of the molecule is C=C=CC(=O)OCCCCCCCC. The third kappa shape index (κ3) is 9.08. The van der Waals surface area contributed by atoms with E-state index in [0.29, 0.717) is 6.61 Å². The average Bonchev–Trinajstić information content (AvgIpc) is 2.17. The highest BCUT2D eigenvalue weighted by Gasteiger charge is 1.95. The summed E-state index contributed by atoms with van der Waals surface area (Å²) >= 11 is 0. The summed E-state index contributed by atoms with van der Waals surface area (Å²) in [7, 11) is 0. The van der Waals surface area contributed by atoms with E-state index < -0.39 is 0 Å². The molecule has 2 nitrogen and oxygen atoms in total. The van der Waals surface area contributed by atoms with Crippen molar-refractivity contribution in [3.63, 3.8) is 0 Å². The van der Waals surface area contributed by atoms with Crippen LogP contribution in [0.3, 0.4) is 0 Å². The molecule has 0 heterocycles. The smallest absolute Gasteiger partial charge is 0.338 e. The van der Waals surface area contributed by atoms with Gasteiger partial charge < -0.3 is 4.74 Å². The fourth-order valence-electron chi connectivity index (χ4n) is 1.18. The van der Waals surface area contributed by atoms with E-state index in [1.807, 2.05) is 0 Å². The molecular weight excluding hydrogens is 176 g/mol. The fraction of sp³-hybridized carbons (Fsp3) is 0.667. The maximum Gasteiger partial charge on any atom is 0.338 e. The lowest BCUT2D eigenvalue weighted by Gasteiger charge is -2.01. The van der Waals surface area contributed by atoms with Gasteiger partial charge in [0, 0.05) is 0 Å². The van der Waals surface area contributed by atoms with Gasteiger partial charge >= 0.3 is 5.97 Å². The molecule has 0 fully saturated rings. The topological polar surface area (TPSA) is 26.3 Å². The van der Waals surface area contributed by atoms with E-state index in [9.17, 15) is 4.79 Å². The maximum atomic E-state index is 10.8. The Morgan fingerprint density at radius 3 is 2.57 bits per heavy atom. The van der Waals surface area contributed by atoms with E-state index in [1.54, 1.807) is 0 Å². The van der Waals surface area contributed by atoms with Crippen molar-refractivity contribution in [2.75, 3.05) is 6.61 Å². The molecule has 0 saturated heterocycles. The number of carbonyl (C=O) groups excluding carboxylic acids is 1. The Bertz CT molecular complexity index is 190. The van der Waals surface area contributed by atoms with Crippen molar-refractivity contribution in [2.45, 2.75) is 45.4 Å². The van der Waals surface area contributed by atoms with Crippen LogP contribution in [0.4, 0.5) is 0 Å². The molecule has 0 aromatic heterocycles. The summed E-state index contributed by atoms with van der Waals surface area (Å²) in [6.07, 6.45) is 8.42. The Hall–Kier alpha value is -1.01. The van der Waals surface area contributed by atoms with Crippen LogP contribution in [-0.2, 0) is 9.53 Å². The summed E-state index contributed by atoms with van der Waals surface area (Å²) in [5, 5.41) is 0. The number of rotatable bonds is 8. The van der Waals surface area contributed by atoms with Gasteiger partial charge in [-0.25, -0.2) is 4.79 Å². The van der Waals surface area contributed by atoms with Crippen LogP contribution in [0.1, 0.15) is 45.4 Å². The summed E-state index contributed by atoms with van der Waals surface area (Å²) in [6, 6.07) is 0. The van der Waals surface area contributed by atoms with Crippen LogP contribution in [0, 0.1) is 0 Å². The molecule has 0 N–H and O–H groups in total. The molecule has 0 bridgehead atoms. The number of hydrogen-bond acceptors (Lipinski definition) is 2. The van der Waals surface area contributed by atoms with Crippen LogP contribution in [-0.4, -0.2) is 12.6 Å². The van der Waals surface area contributed by atoms with Crippen molar-refractivity contribution in [3.05, 3.63) is 18.4 Å². The highest BCUT2D eigenvalue weighted by atomic mass is 16.5. The van der Waals surface area contributed by atoms with E-state index in [2.05, 4.69) is 19.2 Å². The molecule has 14 heavy (non-hydrogen) atoms. The zero-order chi connectivity index (χ0) is 10.6. The molecule has 0 aromatic carbocycles. The molecule has 0 spiro atoms. The fourth-order valence-corrected chi connectivity index (χ4v) is 1.18. The summed E-state index contributed by atoms with van der Waals surface area (Å²) < 4.78 is 4.89. The van der Waals surface area contributed by atoms with E-state index in [-0.39, 0.29) is 5.97 Å². The Morgan fingerprint density at radius 1 is 1.29 bits per heavy atom. The van der Waals surface area contributed by atoms with E-state index in [4.69, 9.17) is 4.74 Å². The molecule has 0 radical (unpaired) electrons. The zero-order valence-corrected chi connectivity index (χ0v) is 9.05. The van der Waals surface area contributed by atoms with Gasteiger partial charge in [0.1, 0.15) is 0 Å². The second-order valence-electron chi connectivity index (χ2n) is 3.28. The van der Waals surface area contributed by atoms with E-state index in [0.717, 1.165) is 12.8 Å². The van der Waals surface area contributed by atoms with Gasteiger partial charge in [0.25, 0.3) is 0 Å². The van der Waals surface area contributed by atoms with Crippen molar-refractivity contribution in [3.8, 4) is 0 Å². The Kier molecular flexibility index (Phi) is 9.35. The van der Waals surface area contributed by atoms with Crippen LogP contribution >= 0.6 is 0 Å². The minimum Gasteiger partial charge on any atom is -0.462 e. The largest absolute Gasteiger partial charge is 0.462 e. The van der Waals surface area contributed by atoms with Gasteiger partial charge in [-0.3, -0.25) is 0 Å². The standard InChI is InChI=1S/C12H20O2/c1-3-5-6-7-8-9-11-14-12(13)10-4-2/h10H,2-3,5-9,11H2,1H3. The molecule has 0 aliphatic carbocycles. The van der Waals surface area contributed by atoms with Crippen LogP contribution in [0.15, 0.2) is 18.4 Å². The Labute approximate surface area is 86.6 Å². The molecule has 0 amide bonds. The number of esters is 1. The van der Waals surface area contributed by atoms with Crippen molar-refractivity contribution in [2.24, 2.45) is 0 Å². The third-order valence-electron chi connectivity index (χ3n) is 1.96. The van der Waals surface area contributed by atoms with Gasteiger partial charge in [0.05, 0.1) is 12.7 Å². The summed E-state index contributed by atoms with van der Waals surface area (Å²) in [5.74, 6) is -0.339. The van der Waals surface area contributed by atoms with Crippen molar-refractivity contribution in [1.29, 1.82) is 0 Å². The predicted octanol–water partition coefficient (Wildman–Crippen LogP) is 3.23. The number of ether oxygens (including phenoxy) is 1. The molecule has 0 unspecified atom stereocenters. The number of hydrogen-bond donors (Lipinski definition) is 0. The maximum absolute atomic E-state index is 10.8. The van der Waals surface area contributed by atoms with Crippen LogP contribution in [0.25, 0.3) is 0 Å². The molecule has 2 heteroatoms. The lowest BCUT2D eigenvalue weighted by Crippen LogP contribution is -2.01. The predicted molar refractivity (Wildman–Crippen MR) is 58.0 cm³/mol. The van der Waals surface area contributed by atoms with Crippen molar-refractivity contribution in [1.82, 2.24) is 0 Å². The van der Waals surface area contributed by atoms with Crippen LogP contribution in [0.5, 0.6) is 0 Å². The quantitative estimate of drug-likeness (QED) is 0.258. The normalized spacial score (nSPS) is 9.21. The molecule has 0 aliphatic heterocycles. The van der Waals surface area contributed by atoms with Crippen LogP contribution < -0.4 is 0 Å².